The molecule has 3 aromatic carbocycles. The largest absolute Gasteiger partial charge is 0.282 e. The van der Waals surface area contributed by atoms with Gasteiger partial charge in [0.1, 0.15) is 0 Å². The van der Waals surface area contributed by atoms with Crippen LogP contribution in [-0.2, 0) is 0 Å². The summed E-state index contributed by atoms with van der Waals surface area (Å²) in [4.78, 5) is 28.3. The number of aromatic nitrogens is 2. The summed E-state index contributed by atoms with van der Waals surface area (Å²) >= 11 is 6.87. The molecule has 0 saturated carbocycles. The van der Waals surface area contributed by atoms with Crippen LogP contribution in [0.1, 0.15) is 5.56 Å². The molecule has 30 heavy (non-hydrogen) atoms. The van der Waals surface area contributed by atoms with E-state index in [1.807, 2.05) is 36.4 Å². The minimum Gasteiger partial charge on any atom is -0.267 e. The maximum Gasteiger partial charge on any atom is 0.282 e. The maximum atomic E-state index is 13.3. The number of hydrogen-bond donors (Lipinski definition) is 0. The van der Waals surface area contributed by atoms with Crippen LogP contribution >= 0.6 is 31.9 Å². The zero-order chi connectivity index (χ0) is 21.3. The van der Waals surface area contributed by atoms with Crippen LogP contribution < -0.4 is 5.56 Å². The molecule has 0 saturated heterocycles. The lowest BCUT2D eigenvalue weighted by atomic mass is 10.2. The molecule has 0 radical (unpaired) electrons. The Morgan fingerprint density at radius 1 is 1.03 bits per heavy atom. The highest BCUT2D eigenvalue weighted by molar-refractivity contribution is 9.11. The molecule has 0 spiro atoms. The molecule has 0 unspecified atom stereocenters. The van der Waals surface area contributed by atoms with Crippen molar-refractivity contribution in [2.24, 2.45) is 5.10 Å². The van der Waals surface area contributed by atoms with Crippen LogP contribution in [-0.4, -0.2) is 20.8 Å². The molecule has 1 aromatic heterocycles. The van der Waals surface area contributed by atoms with Gasteiger partial charge >= 0.3 is 0 Å². The number of nitro groups is 1. The molecular weight excluding hydrogens is 516 g/mol. The van der Waals surface area contributed by atoms with Crippen molar-refractivity contribution in [2.75, 3.05) is 0 Å². The Kier molecular flexibility index (Phi) is 5.56. The topological polar surface area (TPSA) is 90.4 Å². The zero-order valence-electron chi connectivity index (χ0n) is 15.2. The van der Waals surface area contributed by atoms with E-state index in [1.165, 1.54) is 23.0 Å². The minimum absolute atomic E-state index is 0.0173. The lowest BCUT2D eigenvalue weighted by Gasteiger charge is -2.10. The first-order chi connectivity index (χ1) is 14.4. The Hall–Kier alpha value is -3.17. The van der Waals surface area contributed by atoms with E-state index in [4.69, 9.17) is 0 Å². The molecule has 148 valence electrons. The van der Waals surface area contributed by atoms with E-state index in [1.54, 1.807) is 18.2 Å². The van der Waals surface area contributed by atoms with Crippen molar-refractivity contribution in [2.45, 2.75) is 0 Å². The van der Waals surface area contributed by atoms with Crippen LogP contribution in [0.5, 0.6) is 0 Å². The van der Waals surface area contributed by atoms with Gasteiger partial charge in [0.2, 0.25) is 0 Å². The lowest BCUT2D eigenvalue weighted by molar-refractivity contribution is -0.384. The molecule has 4 aromatic rings. The van der Waals surface area contributed by atoms with E-state index in [0.29, 0.717) is 26.8 Å². The number of benzene rings is 3. The van der Waals surface area contributed by atoms with Crippen molar-refractivity contribution in [3.63, 3.8) is 0 Å². The predicted molar refractivity (Wildman–Crippen MR) is 123 cm³/mol. The summed E-state index contributed by atoms with van der Waals surface area (Å²) in [5, 5.41) is 15.6. The SMILES string of the molecule is O=c1c2cc(Br)cc(Br)c2nc(-c2ccccc2)n1/N=C/c1ccc([N+](=O)[O-])cc1. The third-order valence-electron chi connectivity index (χ3n) is 4.33. The molecule has 9 heteroatoms. The van der Waals surface area contributed by atoms with Crippen LogP contribution in [0.3, 0.4) is 0 Å². The van der Waals surface area contributed by atoms with Crippen LogP contribution in [0, 0.1) is 10.1 Å². The van der Waals surface area contributed by atoms with Gasteiger partial charge < -0.3 is 0 Å². The normalized spacial score (nSPS) is 11.3. The monoisotopic (exact) mass is 526 g/mol. The van der Waals surface area contributed by atoms with Gasteiger partial charge in [-0.2, -0.15) is 9.78 Å². The second-order valence-corrected chi connectivity index (χ2v) is 8.07. The van der Waals surface area contributed by atoms with Crippen LogP contribution in [0.25, 0.3) is 22.3 Å². The summed E-state index contributed by atoms with van der Waals surface area (Å²) < 4.78 is 2.66. The summed E-state index contributed by atoms with van der Waals surface area (Å²) in [6.45, 7) is 0. The predicted octanol–water partition coefficient (Wildman–Crippen LogP) is 5.38. The number of hydrogen-bond acceptors (Lipinski definition) is 5. The quantitative estimate of drug-likeness (QED) is 0.202. The Labute approximate surface area is 187 Å². The van der Waals surface area contributed by atoms with Gasteiger partial charge in [0.15, 0.2) is 5.82 Å². The summed E-state index contributed by atoms with van der Waals surface area (Å²) in [6.07, 6.45) is 1.47. The summed E-state index contributed by atoms with van der Waals surface area (Å²) in [6, 6.07) is 18.7. The Bertz CT molecular complexity index is 1350. The van der Waals surface area contributed by atoms with E-state index in [2.05, 4.69) is 41.9 Å². The van der Waals surface area contributed by atoms with Gasteiger partial charge in [-0.15, -0.1) is 0 Å². The molecule has 0 atom stereocenters. The van der Waals surface area contributed by atoms with Gasteiger partial charge in [-0.25, -0.2) is 4.98 Å². The molecule has 0 bridgehead atoms. The van der Waals surface area contributed by atoms with Gasteiger partial charge in [0.25, 0.3) is 11.2 Å². The number of nitrogens with zero attached hydrogens (tertiary/aromatic N) is 4. The first kappa shape index (κ1) is 20.1. The second kappa shape index (κ2) is 8.29. The van der Waals surface area contributed by atoms with Gasteiger partial charge in [-0.3, -0.25) is 14.9 Å². The van der Waals surface area contributed by atoms with E-state index in [9.17, 15) is 14.9 Å². The second-order valence-electron chi connectivity index (χ2n) is 6.30. The fourth-order valence-electron chi connectivity index (χ4n) is 2.89. The van der Waals surface area contributed by atoms with Gasteiger partial charge in [-0.05, 0) is 45.8 Å². The van der Waals surface area contributed by atoms with Gasteiger partial charge in [0.05, 0.1) is 22.0 Å². The molecule has 0 N–H and O–H groups in total. The average molecular weight is 528 g/mol. The molecule has 0 aliphatic carbocycles. The Morgan fingerprint density at radius 2 is 1.73 bits per heavy atom. The van der Waals surface area contributed by atoms with Crippen molar-refractivity contribution >= 4 is 54.7 Å². The van der Waals surface area contributed by atoms with Crippen molar-refractivity contribution in [1.29, 1.82) is 0 Å². The Balaban J connectivity index is 1.91. The number of nitro benzene ring substituents is 1. The molecule has 0 aliphatic heterocycles. The first-order valence-electron chi connectivity index (χ1n) is 8.70. The van der Waals surface area contributed by atoms with Crippen molar-refractivity contribution in [3.8, 4) is 11.4 Å². The first-order valence-corrected chi connectivity index (χ1v) is 10.3. The van der Waals surface area contributed by atoms with Crippen molar-refractivity contribution in [3.05, 3.63) is 102 Å². The van der Waals surface area contributed by atoms with E-state index in [0.717, 1.165) is 10.0 Å². The number of non-ortho nitro benzene ring substituents is 1. The lowest BCUT2D eigenvalue weighted by Crippen LogP contribution is -2.20. The molecule has 1 heterocycles. The summed E-state index contributed by atoms with van der Waals surface area (Å²) in [7, 11) is 0. The van der Waals surface area contributed by atoms with Crippen LogP contribution in [0.4, 0.5) is 5.69 Å². The molecule has 0 fully saturated rings. The molecule has 0 amide bonds. The third kappa shape index (κ3) is 3.94. The van der Waals surface area contributed by atoms with Crippen molar-refractivity contribution < 1.29 is 4.92 Å². The summed E-state index contributed by atoms with van der Waals surface area (Å²) in [5.41, 5.74) is 1.52. The third-order valence-corrected chi connectivity index (χ3v) is 5.39. The molecule has 4 rings (SSSR count). The number of halogens is 2. The van der Waals surface area contributed by atoms with Gasteiger partial charge in [-0.1, -0.05) is 46.3 Å². The average Bonchev–Trinajstić information content (AvgIpc) is 2.74. The van der Waals surface area contributed by atoms with Gasteiger partial charge in [0, 0.05) is 26.6 Å². The highest BCUT2D eigenvalue weighted by atomic mass is 79.9. The van der Waals surface area contributed by atoms with Crippen LogP contribution in [0.15, 0.2) is 85.6 Å². The molecular formula is C21H12Br2N4O3. The standard InChI is InChI=1S/C21H12Br2N4O3/c22-15-10-17-19(18(23)11-15)25-20(14-4-2-1-3-5-14)26(21(17)28)24-12-13-6-8-16(9-7-13)27(29)30/h1-12H/b24-12+. The molecule has 7 nitrogen and oxygen atoms in total. The fraction of sp³-hybridized carbons (Fsp3) is 0. The highest BCUT2D eigenvalue weighted by Gasteiger charge is 2.15. The van der Waals surface area contributed by atoms with E-state index in [-0.39, 0.29) is 11.2 Å². The van der Waals surface area contributed by atoms with E-state index < -0.39 is 4.92 Å². The maximum absolute atomic E-state index is 13.3. The zero-order valence-corrected chi connectivity index (χ0v) is 18.4. The Morgan fingerprint density at radius 3 is 2.40 bits per heavy atom. The van der Waals surface area contributed by atoms with E-state index >= 15 is 0 Å². The minimum atomic E-state index is -0.470. The smallest absolute Gasteiger partial charge is 0.267 e. The van der Waals surface area contributed by atoms with Crippen LogP contribution in [0.2, 0.25) is 0 Å². The highest BCUT2D eigenvalue weighted by Crippen LogP contribution is 2.27. The molecule has 0 aliphatic rings. The summed E-state index contributed by atoms with van der Waals surface area (Å²) in [5.74, 6) is 0.384. The fourth-order valence-corrected chi connectivity index (χ4v) is 4.21. The number of fused-ring (bicyclic) bond motifs is 1. The number of rotatable bonds is 4. The van der Waals surface area contributed by atoms with Crippen molar-refractivity contribution in [1.82, 2.24) is 9.66 Å².